The fraction of sp³-hybridized carbons (Fsp3) is 0.200. The smallest absolute Gasteiger partial charge is 0.328 e. The Morgan fingerprint density at radius 1 is 1.26 bits per heavy atom. The minimum Gasteiger partial charge on any atom is -0.480 e. The maximum atomic E-state index is 11.6. The molecular formula is C15H16N2O2. The Hall–Kier alpha value is -2.20. The number of nitrogens with zero attached hydrogens (tertiary/aromatic N) is 1. The molecule has 0 amide bonds. The van der Waals surface area contributed by atoms with E-state index in [1.54, 1.807) is 31.5 Å². The van der Waals surface area contributed by atoms with Crippen molar-refractivity contribution in [3.05, 3.63) is 66.0 Å². The van der Waals surface area contributed by atoms with E-state index in [9.17, 15) is 9.90 Å². The van der Waals surface area contributed by atoms with Gasteiger partial charge in [0.05, 0.1) is 0 Å². The van der Waals surface area contributed by atoms with Gasteiger partial charge >= 0.3 is 5.97 Å². The zero-order chi connectivity index (χ0) is 13.7. The van der Waals surface area contributed by atoms with Gasteiger partial charge < -0.3 is 5.11 Å². The van der Waals surface area contributed by atoms with Crippen LogP contribution < -0.4 is 5.32 Å². The summed E-state index contributed by atoms with van der Waals surface area (Å²) >= 11 is 0. The second-order valence-electron chi connectivity index (χ2n) is 4.51. The molecule has 0 saturated carbocycles. The van der Waals surface area contributed by atoms with E-state index in [2.05, 4.69) is 10.3 Å². The third-order valence-electron chi connectivity index (χ3n) is 3.16. The van der Waals surface area contributed by atoms with Crippen LogP contribution in [0.15, 0.2) is 54.9 Å². The summed E-state index contributed by atoms with van der Waals surface area (Å²) < 4.78 is 0. The number of nitrogens with one attached hydrogen (secondary N) is 1. The fourth-order valence-corrected chi connectivity index (χ4v) is 1.83. The molecule has 98 valence electrons. The lowest BCUT2D eigenvalue weighted by Gasteiger charge is -2.26. The van der Waals surface area contributed by atoms with Crippen molar-refractivity contribution in [2.24, 2.45) is 0 Å². The number of carboxylic acids is 1. The quantitative estimate of drug-likeness (QED) is 0.860. The highest BCUT2D eigenvalue weighted by atomic mass is 16.4. The Bertz CT molecular complexity index is 543. The minimum atomic E-state index is -1.15. The van der Waals surface area contributed by atoms with E-state index in [1.807, 2.05) is 30.3 Å². The van der Waals surface area contributed by atoms with Crippen LogP contribution in [0.2, 0.25) is 0 Å². The number of carboxylic acid groups (broad SMARTS) is 1. The van der Waals surface area contributed by atoms with Crippen LogP contribution in [0.3, 0.4) is 0 Å². The molecule has 19 heavy (non-hydrogen) atoms. The Morgan fingerprint density at radius 3 is 2.58 bits per heavy atom. The molecule has 1 heterocycles. The maximum Gasteiger partial charge on any atom is 0.328 e. The highest BCUT2D eigenvalue weighted by molar-refractivity contribution is 5.80. The number of hydrogen-bond donors (Lipinski definition) is 2. The van der Waals surface area contributed by atoms with E-state index < -0.39 is 11.5 Å². The van der Waals surface area contributed by atoms with E-state index in [0.29, 0.717) is 12.1 Å². The number of aromatic nitrogens is 1. The van der Waals surface area contributed by atoms with E-state index in [-0.39, 0.29) is 0 Å². The van der Waals surface area contributed by atoms with Gasteiger partial charge in [-0.15, -0.1) is 0 Å². The lowest BCUT2D eigenvalue weighted by atomic mass is 9.93. The summed E-state index contributed by atoms with van der Waals surface area (Å²) in [5, 5.41) is 12.6. The first-order valence-corrected chi connectivity index (χ1v) is 6.06. The molecule has 4 heteroatoms. The van der Waals surface area contributed by atoms with Crippen LogP contribution in [0.1, 0.15) is 18.1 Å². The van der Waals surface area contributed by atoms with Crippen molar-refractivity contribution in [1.82, 2.24) is 10.3 Å². The molecule has 0 aliphatic carbocycles. The lowest BCUT2D eigenvalue weighted by Crippen LogP contribution is -2.46. The van der Waals surface area contributed by atoms with Crippen molar-refractivity contribution in [3.63, 3.8) is 0 Å². The van der Waals surface area contributed by atoms with Gasteiger partial charge in [0.1, 0.15) is 5.54 Å². The first-order chi connectivity index (χ1) is 9.13. The van der Waals surface area contributed by atoms with E-state index >= 15 is 0 Å². The molecular weight excluding hydrogens is 240 g/mol. The van der Waals surface area contributed by atoms with Crippen LogP contribution in [0.5, 0.6) is 0 Å². The Morgan fingerprint density at radius 2 is 2.00 bits per heavy atom. The van der Waals surface area contributed by atoms with E-state index in [4.69, 9.17) is 0 Å². The summed E-state index contributed by atoms with van der Waals surface area (Å²) in [5.41, 5.74) is 0.529. The van der Waals surface area contributed by atoms with Crippen molar-refractivity contribution in [3.8, 4) is 0 Å². The Kier molecular flexibility index (Phi) is 3.92. The van der Waals surface area contributed by atoms with E-state index in [0.717, 1.165) is 5.56 Å². The molecule has 2 rings (SSSR count). The summed E-state index contributed by atoms with van der Waals surface area (Å²) in [6, 6.07) is 13.2. The van der Waals surface area contributed by atoms with Crippen molar-refractivity contribution in [2.75, 3.05) is 0 Å². The van der Waals surface area contributed by atoms with Gasteiger partial charge in [0.15, 0.2) is 0 Å². The molecule has 1 aromatic heterocycles. The number of carbonyl (C=O) groups is 1. The van der Waals surface area contributed by atoms with Gasteiger partial charge in [0.25, 0.3) is 0 Å². The Balaban J connectivity index is 2.19. The molecule has 1 unspecified atom stereocenters. The minimum absolute atomic E-state index is 0.485. The highest BCUT2D eigenvalue weighted by Gasteiger charge is 2.34. The topological polar surface area (TPSA) is 62.2 Å². The molecule has 0 saturated heterocycles. The summed E-state index contributed by atoms with van der Waals surface area (Å²) in [4.78, 5) is 15.5. The van der Waals surface area contributed by atoms with Crippen LogP contribution in [0.25, 0.3) is 0 Å². The average molecular weight is 256 g/mol. The first kappa shape index (κ1) is 13.2. The standard InChI is InChI=1S/C15H16N2O2/c1-15(14(18)19,13-8-5-9-16-11-13)17-10-12-6-3-2-4-7-12/h2-9,11,17H,10H2,1H3,(H,18,19). The van der Waals surface area contributed by atoms with Crippen molar-refractivity contribution < 1.29 is 9.90 Å². The summed E-state index contributed by atoms with van der Waals surface area (Å²) in [5.74, 6) is -0.920. The number of benzene rings is 1. The zero-order valence-electron chi connectivity index (χ0n) is 10.7. The summed E-state index contributed by atoms with van der Waals surface area (Å²) in [6.45, 7) is 2.13. The second kappa shape index (κ2) is 5.63. The van der Waals surface area contributed by atoms with Crippen LogP contribution in [0, 0.1) is 0 Å². The largest absolute Gasteiger partial charge is 0.480 e. The van der Waals surface area contributed by atoms with Gasteiger partial charge in [-0.2, -0.15) is 0 Å². The van der Waals surface area contributed by atoms with Gasteiger partial charge in [-0.1, -0.05) is 36.4 Å². The van der Waals surface area contributed by atoms with Crippen LogP contribution in [-0.2, 0) is 16.9 Å². The fourth-order valence-electron chi connectivity index (χ4n) is 1.83. The van der Waals surface area contributed by atoms with Gasteiger partial charge in [-0.25, -0.2) is 4.79 Å². The van der Waals surface area contributed by atoms with E-state index in [1.165, 1.54) is 0 Å². The number of rotatable bonds is 5. The highest BCUT2D eigenvalue weighted by Crippen LogP contribution is 2.20. The van der Waals surface area contributed by atoms with Gasteiger partial charge in [0.2, 0.25) is 0 Å². The van der Waals surface area contributed by atoms with Crippen molar-refractivity contribution in [2.45, 2.75) is 19.0 Å². The molecule has 0 bridgehead atoms. The van der Waals surface area contributed by atoms with Gasteiger partial charge in [-0.05, 0) is 18.6 Å². The molecule has 2 N–H and O–H groups in total. The summed E-state index contributed by atoms with van der Waals surface area (Å²) in [7, 11) is 0. The third kappa shape index (κ3) is 2.98. The second-order valence-corrected chi connectivity index (χ2v) is 4.51. The first-order valence-electron chi connectivity index (χ1n) is 6.06. The maximum absolute atomic E-state index is 11.6. The third-order valence-corrected chi connectivity index (χ3v) is 3.16. The molecule has 0 spiro atoms. The average Bonchev–Trinajstić information content (AvgIpc) is 2.46. The molecule has 0 aliphatic rings. The van der Waals surface area contributed by atoms with Gasteiger partial charge in [-0.3, -0.25) is 10.3 Å². The monoisotopic (exact) mass is 256 g/mol. The molecule has 2 aromatic rings. The number of hydrogen-bond acceptors (Lipinski definition) is 3. The van der Waals surface area contributed by atoms with Crippen LogP contribution in [-0.4, -0.2) is 16.1 Å². The predicted octanol–water partition coefficient (Wildman–Crippen LogP) is 2.17. The van der Waals surface area contributed by atoms with Crippen molar-refractivity contribution >= 4 is 5.97 Å². The summed E-state index contributed by atoms with van der Waals surface area (Å²) in [6.07, 6.45) is 3.20. The normalized spacial score (nSPS) is 13.7. The number of aliphatic carboxylic acids is 1. The SMILES string of the molecule is CC(NCc1ccccc1)(C(=O)O)c1cccnc1. The molecule has 0 aliphatic heterocycles. The van der Waals surface area contributed by atoms with Crippen LogP contribution >= 0.6 is 0 Å². The Labute approximate surface area is 112 Å². The lowest BCUT2D eigenvalue weighted by molar-refractivity contribution is -0.144. The zero-order valence-corrected chi connectivity index (χ0v) is 10.7. The molecule has 1 atom stereocenters. The molecule has 0 fully saturated rings. The van der Waals surface area contributed by atoms with Gasteiger partial charge in [0, 0.05) is 24.5 Å². The van der Waals surface area contributed by atoms with Crippen LogP contribution in [0.4, 0.5) is 0 Å². The number of pyridine rings is 1. The predicted molar refractivity (Wildman–Crippen MR) is 72.5 cm³/mol. The molecule has 0 radical (unpaired) electrons. The molecule has 4 nitrogen and oxygen atoms in total. The molecule has 1 aromatic carbocycles. The van der Waals surface area contributed by atoms with Crippen molar-refractivity contribution in [1.29, 1.82) is 0 Å².